The second-order valence-corrected chi connectivity index (χ2v) is 2.90. The van der Waals surface area contributed by atoms with Crippen molar-refractivity contribution in [3.05, 3.63) is 0 Å². The van der Waals surface area contributed by atoms with Crippen molar-refractivity contribution >= 4 is 5.84 Å². The maximum absolute atomic E-state index is 5.58. The summed E-state index contributed by atoms with van der Waals surface area (Å²) in [5.74, 6) is 0.654. The molecule has 0 bridgehead atoms. The van der Waals surface area contributed by atoms with Gasteiger partial charge in [-0.2, -0.15) is 0 Å². The normalized spacial score (nSPS) is 18.8. The fourth-order valence-electron chi connectivity index (χ4n) is 0.796. The number of nitrogens with two attached hydrogens (primary N) is 1. The number of hydrogen-bond donors (Lipinski definition) is 1. The molecule has 64 valence electrons. The van der Waals surface area contributed by atoms with Crippen molar-refractivity contribution in [3.8, 4) is 0 Å². The molecule has 0 aliphatic heterocycles. The minimum absolute atomic E-state index is 0.504. The van der Waals surface area contributed by atoms with Crippen LogP contribution < -0.4 is 5.73 Å². The van der Waals surface area contributed by atoms with Crippen molar-refractivity contribution < 1.29 is 4.74 Å². The summed E-state index contributed by atoms with van der Waals surface area (Å²) in [5.41, 5.74) is 5.58. The van der Waals surface area contributed by atoms with Crippen molar-refractivity contribution in [3.63, 3.8) is 0 Å². The molecule has 1 saturated carbocycles. The van der Waals surface area contributed by atoms with Gasteiger partial charge in [-0.05, 0) is 19.3 Å². The van der Waals surface area contributed by atoms with E-state index in [1.54, 1.807) is 0 Å². The Morgan fingerprint density at radius 3 is 2.91 bits per heavy atom. The molecule has 0 saturated heterocycles. The van der Waals surface area contributed by atoms with Crippen molar-refractivity contribution in [2.45, 2.75) is 32.2 Å². The molecule has 1 aliphatic carbocycles. The predicted molar refractivity (Wildman–Crippen MR) is 45.8 cm³/mol. The van der Waals surface area contributed by atoms with Gasteiger partial charge in [-0.3, -0.25) is 4.99 Å². The lowest BCUT2D eigenvalue weighted by Crippen LogP contribution is -2.20. The van der Waals surface area contributed by atoms with Crippen molar-refractivity contribution in [1.82, 2.24) is 0 Å². The van der Waals surface area contributed by atoms with Crippen LogP contribution in [0.2, 0.25) is 0 Å². The zero-order valence-corrected chi connectivity index (χ0v) is 7.05. The van der Waals surface area contributed by atoms with E-state index in [9.17, 15) is 0 Å². The van der Waals surface area contributed by atoms with Gasteiger partial charge in [0.2, 0.25) is 0 Å². The average molecular weight is 156 g/mol. The first-order chi connectivity index (χ1) is 5.33. The van der Waals surface area contributed by atoms with Crippen LogP contribution in [0.25, 0.3) is 0 Å². The maximum Gasteiger partial charge on any atom is 0.120 e. The van der Waals surface area contributed by atoms with Crippen LogP contribution in [0.4, 0.5) is 0 Å². The summed E-state index contributed by atoms with van der Waals surface area (Å²) in [5, 5.41) is 0. The second-order valence-electron chi connectivity index (χ2n) is 2.90. The molecular formula is C8H16N2O. The molecule has 0 heterocycles. The Morgan fingerprint density at radius 2 is 2.36 bits per heavy atom. The van der Waals surface area contributed by atoms with Gasteiger partial charge in [0.05, 0.1) is 6.04 Å². The smallest absolute Gasteiger partial charge is 0.120 e. The van der Waals surface area contributed by atoms with Crippen LogP contribution in [0, 0.1) is 0 Å². The van der Waals surface area contributed by atoms with Crippen LogP contribution in [0.3, 0.4) is 0 Å². The monoisotopic (exact) mass is 156 g/mol. The second kappa shape index (κ2) is 4.34. The number of amidine groups is 1. The third-order valence-corrected chi connectivity index (χ3v) is 1.49. The van der Waals surface area contributed by atoms with Gasteiger partial charge in [0, 0.05) is 6.61 Å². The Bertz CT molecular complexity index is 141. The Hall–Kier alpha value is -0.570. The molecule has 0 amide bonds. The van der Waals surface area contributed by atoms with Gasteiger partial charge < -0.3 is 10.5 Å². The number of hydrogen-bond acceptors (Lipinski definition) is 2. The van der Waals surface area contributed by atoms with E-state index in [1.807, 2.05) is 0 Å². The van der Waals surface area contributed by atoms with Gasteiger partial charge in [0.15, 0.2) is 0 Å². The average Bonchev–Trinajstić information content (AvgIpc) is 2.72. The van der Waals surface area contributed by atoms with E-state index in [1.165, 1.54) is 12.8 Å². The van der Waals surface area contributed by atoms with Crippen molar-refractivity contribution in [2.24, 2.45) is 10.7 Å². The molecule has 0 spiro atoms. The van der Waals surface area contributed by atoms with E-state index in [-0.39, 0.29) is 0 Å². The number of aliphatic imine (C=N–C) groups is 1. The van der Waals surface area contributed by atoms with Crippen LogP contribution >= 0.6 is 0 Å². The van der Waals surface area contributed by atoms with E-state index in [4.69, 9.17) is 10.5 Å². The number of rotatable bonds is 5. The quantitative estimate of drug-likeness (QED) is 0.366. The number of nitrogens with zero attached hydrogens (tertiary/aromatic N) is 1. The van der Waals surface area contributed by atoms with Crippen LogP contribution in [0.1, 0.15) is 26.2 Å². The molecule has 3 nitrogen and oxygen atoms in total. The van der Waals surface area contributed by atoms with Crippen LogP contribution in [0.15, 0.2) is 4.99 Å². The molecule has 0 unspecified atom stereocenters. The molecule has 0 radical (unpaired) electrons. The molecule has 2 N–H and O–H groups in total. The highest BCUT2D eigenvalue weighted by Crippen LogP contribution is 2.23. The highest BCUT2D eigenvalue weighted by atomic mass is 16.5. The lowest BCUT2D eigenvalue weighted by atomic mass is 10.5. The minimum atomic E-state index is 0.504. The summed E-state index contributed by atoms with van der Waals surface area (Å²) in [6.07, 6.45) is 3.44. The molecule has 0 aromatic carbocycles. The molecule has 0 aromatic heterocycles. The van der Waals surface area contributed by atoms with Crippen molar-refractivity contribution in [2.75, 3.05) is 13.2 Å². The SMILES string of the molecule is CCCOCC(N)=NC1CC1. The Labute approximate surface area is 67.6 Å². The Balaban J connectivity index is 2.04. The van der Waals surface area contributed by atoms with Crippen LogP contribution in [-0.4, -0.2) is 25.1 Å². The van der Waals surface area contributed by atoms with E-state index in [2.05, 4.69) is 11.9 Å². The first-order valence-electron chi connectivity index (χ1n) is 4.22. The molecule has 1 rings (SSSR count). The number of ether oxygens (including phenoxy) is 1. The highest BCUT2D eigenvalue weighted by Gasteiger charge is 2.20. The zero-order valence-electron chi connectivity index (χ0n) is 7.05. The fraction of sp³-hybridized carbons (Fsp3) is 0.875. The predicted octanol–water partition coefficient (Wildman–Crippen LogP) is 0.933. The fourth-order valence-corrected chi connectivity index (χ4v) is 0.796. The van der Waals surface area contributed by atoms with E-state index < -0.39 is 0 Å². The third kappa shape index (κ3) is 3.98. The topological polar surface area (TPSA) is 47.6 Å². The van der Waals surface area contributed by atoms with E-state index in [0.717, 1.165) is 13.0 Å². The molecule has 0 atom stereocenters. The lowest BCUT2D eigenvalue weighted by molar-refractivity contribution is 0.171. The summed E-state index contributed by atoms with van der Waals surface area (Å²) in [6.45, 7) is 3.36. The first kappa shape index (κ1) is 8.53. The summed E-state index contributed by atoms with van der Waals surface area (Å²) in [6, 6.07) is 0.514. The summed E-state index contributed by atoms with van der Waals surface area (Å²) < 4.78 is 5.22. The first-order valence-corrected chi connectivity index (χ1v) is 4.22. The molecule has 1 aliphatic rings. The lowest BCUT2D eigenvalue weighted by Gasteiger charge is -2.00. The third-order valence-electron chi connectivity index (χ3n) is 1.49. The molecule has 0 aromatic rings. The summed E-state index contributed by atoms with van der Waals surface area (Å²) >= 11 is 0. The zero-order chi connectivity index (χ0) is 8.10. The molecule has 3 heteroatoms. The van der Waals surface area contributed by atoms with E-state index >= 15 is 0 Å². The minimum Gasteiger partial charge on any atom is -0.386 e. The molecular weight excluding hydrogens is 140 g/mol. The van der Waals surface area contributed by atoms with Gasteiger partial charge in [0.1, 0.15) is 12.4 Å². The standard InChI is InChI=1S/C8H16N2O/c1-2-5-11-6-8(9)10-7-3-4-7/h7H,2-6H2,1H3,(H2,9,10). The Kier molecular flexibility index (Phi) is 3.36. The maximum atomic E-state index is 5.58. The largest absolute Gasteiger partial charge is 0.386 e. The molecule has 11 heavy (non-hydrogen) atoms. The van der Waals surface area contributed by atoms with Gasteiger partial charge >= 0.3 is 0 Å². The summed E-state index contributed by atoms with van der Waals surface area (Å²) in [4.78, 5) is 4.23. The highest BCUT2D eigenvalue weighted by molar-refractivity contribution is 5.81. The van der Waals surface area contributed by atoms with Gasteiger partial charge in [-0.1, -0.05) is 6.92 Å². The van der Waals surface area contributed by atoms with Crippen molar-refractivity contribution in [1.29, 1.82) is 0 Å². The summed E-state index contributed by atoms with van der Waals surface area (Å²) in [7, 11) is 0. The van der Waals surface area contributed by atoms with Gasteiger partial charge in [-0.25, -0.2) is 0 Å². The van der Waals surface area contributed by atoms with Gasteiger partial charge in [-0.15, -0.1) is 0 Å². The molecule has 1 fully saturated rings. The Morgan fingerprint density at radius 1 is 1.64 bits per heavy atom. The van der Waals surface area contributed by atoms with E-state index in [0.29, 0.717) is 18.5 Å². The van der Waals surface area contributed by atoms with Crippen LogP contribution in [-0.2, 0) is 4.74 Å². The van der Waals surface area contributed by atoms with Gasteiger partial charge in [0.25, 0.3) is 0 Å². The van der Waals surface area contributed by atoms with Crippen LogP contribution in [0.5, 0.6) is 0 Å².